The Balaban J connectivity index is 0.00000312. The normalized spacial score (nSPS) is 19.2. The van der Waals surface area contributed by atoms with E-state index in [1.165, 1.54) is 43.4 Å². The van der Waals surface area contributed by atoms with E-state index in [9.17, 15) is 9.59 Å². The lowest BCUT2D eigenvalue weighted by atomic mass is 10.1. The van der Waals surface area contributed by atoms with Gasteiger partial charge in [-0.25, -0.2) is 4.79 Å². The number of halogens is 1. The Morgan fingerprint density at radius 3 is 2.48 bits per heavy atom. The van der Waals surface area contributed by atoms with Gasteiger partial charge in [0.1, 0.15) is 0 Å². The van der Waals surface area contributed by atoms with E-state index >= 15 is 0 Å². The smallest absolute Gasteiger partial charge is 0.324 e. The summed E-state index contributed by atoms with van der Waals surface area (Å²) in [4.78, 5) is 28.2. The molecule has 9 heteroatoms. The molecule has 1 aliphatic carbocycles. The fourth-order valence-corrected chi connectivity index (χ4v) is 2.99. The summed E-state index contributed by atoms with van der Waals surface area (Å²) < 4.78 is 5.92. The zero-order valence-electron chi connectivity index (χ0n) is 14.9. The molecule has 1 saturated heterocycles. The first-order chi connectivity index (χ1) is 11.7. The Morgan fingerprint density at radius 1 is 1.20 bits per heavy atom. The fourth-order valence-electron chi connectivity index (χ4n) is 2.99. The van der Waals surface area contributed by atoms with Crippen molar-refractivity contribution >= 4 is 41.9 Å². The maximum Gasteiger partial charge on any atom is 0.324 e. The molecule has 0 aromatic carbocycles. The summed E-state index contributed by atoms with van der Waals surface area (Å²) in [7, 11) is 1.69. The van der Waals surface area contributed by atoms with Gasteiger partial charge in [-0.3, -0.25) is 14.7 Å². The second-order valence-electron chi connectivity index (χ2n) is 6.11. The van der Waals surface area contributed by atoms with E-state index in [2.05, 4.69) is 20.9 Å². The molecule has 1 saturated carbocycles. The van der Waals surface area contributed by atoms with Crippen LogP contribution in [0.3, 0.4) is 0 Å². The van der Waals surface area contributed by atoms with Gasteiger partial charge in [-0.2, -0.15) is 0 Å². The van der Waals surface area contributed by atoms with E-state index in [-0.39, 0.29) is 42.5 Å². The molecule has 0 aromatic heterocycles. The van der Waals surface area contributed by atoms with Crippen LogP contribution in [-0.2, 0) is 9.53 Å². The van der Waals surface area contributed by atoms with Gasteiger partial charge in [-0.1, -0.05) is 25.7 Å². The highest BCUT2D eigenvalue weighted by atomic mass is 127. The average Bonchev–Trinajstić information content (AvgIpc) is 2.80. The van der Waals surface area contributed by atoms with E-state index in [4.69, 9.17) is 4.74 Å². The molecule has 1 aliphatic heterocycles. The molecule has 1 heterocycles. The predicted molar refractivity (Wildman–Crippen MR) is 107 cm³/mol. The number of urea groups is 1. The number of hydrogen-bond acceptors (Lipinski definition) is 4. The minimum absolute atomic E-state index is 0. The van der Waals surface area contributed by atoms with Crippen molar-refractivity contribution in [1.29, 1.82) is 0 Å². The SMILES string of the molecule is CN=C(NCCOC1CCCCCC1)NCCN1C(=O)CNC1=O.I. The number of nitrogens with one attached hydrogen (secondary N) is 3. The number of rotatable bonds is 7. The third-order valence-corrected chi connectivity index (χ3v) is 4.34. The lowest BCUT2D eigenvalue weighted by molar-refractivity contribution is -0.124. The van der Waals surface area contributed by atoms with Gasteiger partial charge in [0.15, 0.2) is 5.96 Å². The quantitative estimate of drug-likeness (QED) is 0.130. The van der Waals surface area contributed by atoms with E-state index in [0.717, 1.165) is 0 Å². The summed E-state index contributed by atoms with van der Waals surface area (Å²) in [6.45, 7) is 2.20. The van der Waals surface area contributed by atoms with Gasteiger partial charge in [0.2, 0.25) is 5.91 Å². The lowest BCUT2D eigenvalue weighted by Gasteiger charge is -2.17. The Bertz CT molecular complexity index is 437. The summed E-state index contributed by atoms with van der Waals surface area (Å²) in [6, 6.07) is -0.332. The van der Waals surface area contributed by atoms with Crippen molar-refractivity contribution in [3.63, 3.8) is 0 Å². The topological polar surface area (TPSA) is 95.1 Å². The summed E-state index contributed by atoms with van der Waals surface area (Å²) in [5.74, 6) is 0.452. The van der Waals surface area contributed by atoms with Crippen LogP contribution in [-0.4, -0.2) is 68.7 Å². The number of nitrogens with zero attached hydrogens (tertiary/aromatic N) is 2. The second kappa shape index (κ2) is 12.3. The monoisotopic (exact) mass is 467 g/mol. The number of aliphatic imine (C=N–C) groups is 1. The number of amides is 3. The molecule has 2 fully saturated rings. The predicted octanol–water partition coefficient (Wildman–Crippen LogP) is 1.06. The van der Waals surface area contributed by atoms with E-state index in [1.807, 2.05) is 0 Å². The Hall–Kier alpha value is -1.10. The molecule has 3 amide bonds. The molecular weight excluding hydrogens is 437 g/mol. The van der Waals surface area contributed by atoms with Gasteiger partial charge < -0.3 is 20.7 Å². The minimum Gasteiger partial charge on any atom is -0.376 e. The van der Waals surface area contributed by atoms with Gasteiger partial charge in [0.05, 0.1) is 19.3 Å². The number of imide groups is 1. The van der Waals surface area contributed by atoms with Gasteiger partial charge in [0.25, 0.3) is 0 Å². The molecule has 0 spiro atoms. The molecule has 144 valence electrons. The van der Waals surface area contributed by atoms with Crippen molar-refractivity contribution in [1.82, 2.24) is 20.9 Å². The number of guanidine groups is 1. The standard InChI is InChI=1S/C16H29N5O3.HI/c1-17-15(18-8-10-21-14(22)12-20-16(21)23)19-9-11-24-13-6-4-2-3-5-7-13;/h13H,2-12H2,1H3,(H,20,23)(H2,17,18,19);1H. The fraction of sp³-hybridized carbons (Fsp3) is 0.812. The summed E-state index contributed by atoms with van der Waals surface area (Å²) in [5.41, 5.74) is 0. The zero-order chi connectivity index (χ0) is 17.2. The number of ether oxygens (including phenoxy) is 1. The highest BCUT2D eigenvalue weighted by Gasteiger charge is 2.27. The highest BCUT2D eigenvalue weighted by molar-refractivity contribution is 14.0. The van der Waals surface area contributed by atoms with Crippen molar-refractivity contribution in [2.24, 2.45) is 4.99 Å². The van der Waals surface area contributed by atoms with E-state index in [1.54, 1.807) is 7.05 Å². The minimum atomic E-state index is -0.332. The van der Waals surface area contributed by atoms with Gasteiger partial charge >= 0.3 is 6.03 Å². The van der Waals surface area contributed by atoms with Gasteiger partial charge in [0, 0.05) is 26.7 Å². The third kappa shape index (κ3) is 7.76. The summed E-state index contributed by atoms with van der Waals surface area (Å²) in [5, 5.41) is 8.77. The zero-order valence-corrected chi connectivity index (χ0v) is 17.2. The van der Waals surface area contributed by atoms with Crippen molar-refractivity contribution < 1.29 is 14.3 Å². The largest absolute Gasteiger partial charge is 0.376 e. The van der Waals surface area contributed by atoms with Crippen molar-refractivity contribution in [2.45, 2.75) is 44.6 Å². The molecule has 8 nitrogen and oxygen atoms in total. The first-order valence-electron chi connectivity index (χ1n) is 8.85. The van der Waals surface area contributed by atoms with Crippen LogP contribution in [0.2, 0.25) is 0 Å². The van der Waals surface area contributed by atoms with Crippen LogP contribution in [0.4, 0.5) is 4.79 Å². The second-order valence-corrected chi connectivity index (χ2v) is 6.11. The van der Waals surface area contributed by atoms with E-state index < -0.39 is 0 Å². The Kier molecular flexibility index (Phi) is 10.8. The number of carbonyl (C=O) groups is 2. The van der Waals surface area contributed by atoms with Crippen LogP contribution < -0.4 is 16.0 Å². The molecular formula is C16H30IN5O3. The third-order valence-electron chi connectivity index (χ3n) is 4.34. The van der Waals surface area contributed by atoms with Crippen LogP contribution in [0.25, 0.3) is 0 Å². The number of carbonyl (C=O) groups excluding carboxylic acids is 2. The maximum absolute atomic E-state index is 11.5. The molecule has 0 radical (unpaired) electrons. The Morgan fingerprint density at radius 2 is 1.88 bits per heavy atom. The van der Waals surface area contributed by atoms with Crippen molar-refractivity contribution in [3.8, 4) is 0 Å². The molecule has 0 aromatic rings. The first kappa shape index (κ1) is 21.9. The van der Waals surface area contributed by atoms with Crippen molar-refractivity contribution in [2.75, 3.05) is 39.8 Å². The van der Waals surface area contributed by atoms with Crippen molar-refractivity contribution in [3.05, 3.63) is 0 Å². The van der Waals surface area contributed by atoms with Gasteiger partial charge in [-0.05, 0) is 12.8 Å². The molecule has 2 rings (SSSR count). The van der Waals surface area contributed by atoms with Crippen LogP contribution in [0.1, 0.15) is 38.5 Å². The van der Waals surface area contributed by atoms with Crippen LogP contribution in [0, 0.1) is 0 Å². The maximum atomic E-state index is 11.5. The van der Waals surface area contributed by atoms with Crippen LogP contribution >= 0.6 is 24.0 Å². The van der Waals surface area contributed by atoms with Gasteiger partial charge in [-0.15, -0.1) is 24.0 Å². The van der Waals surface area contributed by atoms with Crippen LogP contribution in [0.5, 0.6) is 0 Å². The summed E-state index contributed by atoms with van der Waals surface area (Å²) >= 11 is 0. The Labute approximate surface area is 166 Å². The van der Waals surface area contributed by atoms with E-state index in [0.29, 0.717) is 38.3 Å². The average molecular weight is 467 g/mol. The molecule has 25 heavy (non-hydrogen) atoms. The molecule has 3 N–H and O–H groups in total. The number of hydrogen-bond donors (Lipinski definition) is 3. The van der Waals surface area contributed by atoms with Crippen LogP contribution in [0.15, 0.2) is 4.99 Å². The highest BCUT2D eigenvalue weighted by Crippen LogP contribution is 2.19. The molecule has 0 bridgehead atoms. The molecule has 2 aliphatic rings. The molecule has 0 unspecified atom stereocenters. The first-order valence-corrected chi connectivity index (χ1v) is 8.85. The lowest BCUT2D eigenvalue weighted by Crippen LogP contribution is -2.44. The molecule has 0 atom stereocenters. The summed E-state index contributed by atoms with van der Waals surface area (Å²) in [6.07, 6.45) is 7.91.